The van der Waals surface area contributed by atoms with Crippen molar-refractivity contribution in [1.82, 2.24) is 4.90 Å². The van der Waals surface area contributed by atoms with Crippen molar-refractivity contribution in [3.05, 3.63) is 24.3 Å². The molecule has 0 aromatic heterocycles. The standard InChI is InChI=1S/C15H24N2O/c1-3-9-16-10-12-17(13-11-16)14-7-5-6-8-15(14)18-4-2/h5-8H,3-4,9-13H2,1-2H3. The zero-order valence-electron chi connectivity index (χ0n) is 11.6. The van der Waals surface area contributed by atoms with Gasteiger partial charge in [-0.25, -0.2) is 0 Å². The van der Waals surface area contributed by atoms with Gasteiger partial charge in [-0.2, -0.15) is 0 Å². The van der Waals surface area contributed by atoms with E-state index >= 15 is 0 Å². The molecule has 1 fully saturated rings. The maximum Gasteiger partial charge on any atom is 0.142 e. The zero-order chi connectivity index (χ0) is 12.8. The van der Waals surface area contributed by atoms with Crippen LogP contribution in [0.1, 0.15) is 20.3 Å². The summed E-state index contributed by atoms with van der Waals surface area (Å²) in [6.07, 6.45) is 1.25. The van der Waals surface area contributed by atoms with Crippen LogP contribution in [0.5, 0.6) is 5.75 Å². The van der Waals surface area contributed by atoms with E-state index in [1.165, 1.54) is 18.7 Å². The molecular weight excluding hydrogens is 224 g/mol. The van der Waals surface area contributed by atoms with Crippen molar-refractivity contribution in [1.29, 1.82) is 0 Å². The summed E-state index contributed by atoms with van der Waals surface area (Å²) in [7, 11) is 0. The highest BCUT2D eigenvalue weighted by Crippen LogP contribution is 2.28. The minimum absolute atomic E-state index is 0.729. The number of hydrogen-bond acceptors (Lipinski definition) is 3. The van der Waals surface area contributed by atoms with E-state index in [2.05, 4.69) is 34.9 Å². The molecule has 0 bridgehead atoms. The number of hydrogen-bond donors (Lipinski definition) is 0. The smallest absolute Gasteiger partial charge is 0.142 e. The van der Waals surface area contributed by atoms with Crippen molar-refractivity contribution in [3.8, 4) is 5.75 Å². The van der Waals surface area contributed by atoms with E-state index in [9.17, 15) is 0 Å². The average Bonchev–Trinajstić information content (AvgIpc) is 2.41. The summed E-state index contributed by atoms with van der Waals surface area (Å²) in [6, 6.07) is 8.37. The van der Waals surface area contributed by atoms with Gasteiger partial charge in [0, 0.05) is 26.2 Å². The average molecular weight is 248 g/mol. The van der Waals surface area contributed by atoms with Crippen LogP contribution in [-0.2, 0) is 0 Å². The molecule has 3 nitrogen and oxygen atoms in total. The molecule has 1 aromatic carbocycles. The molecule has 1 aliphatic heterocycles. The van der Waals surface area contributed by atoms with Gasteiger partial charge in [0.25, 0.3) is 0 Å². The lowest BCUT2D eigenvalue weighted by Gasteiger charge is -2.36. The van der Waals surface area contributed by atoms with Gasteiger partial charge in [0.15, 0.2) is 0 Å². The minimum Gasteiger partial charge on any atom is -0.492 e. The van der Waals surface area contributed by atoms with Crippen LogP contribution in [0.4, 0.5) is 5.69 Å². The van der Waals surface area contributed by atoms with E-state index < -0.39 is 0 Å². The van der Waals surface area contributed by atoms with Crippen molar-refractivity contribution >= 4 is 5.69 Å². The molecule has 3 heteroatoms. The van der Waals surface area contributed by atoms with Crippen molar-refractivity contribution in [2.75, 3.05) is 44.2 Å². The molecule has 1 saturated heterocycles. The van der Waals surface area contributed by atoms with E-state index in [0.29, 0.717) is 0 Å². The Morgan fingerprint density at radius 2 is 1.78 bits per heavy atom. The van der Waals surface area contributed by atoms with Gasteiger partial charge in [-0.3, -0.25) is 4.90 Å². The third kappa shape index (κ3) is 3.16. The van der Waals surface area contributed by atoms with Crippen molar-refractivity contribution in [2.24, 2.45) is 0 Å². The van der Waals surface area contributed by atoms with Crippen molar-refractivity contribution in [2.45, 2.75) is 20.3 Å². The van der Waals surface area contributed by atoms with Gasteiger partial charge in [-0.15, -0.1) is 0 Å². The number of anilines is 1. The lowest BCUT2D eigenvalue weighted by Crippen LogP contribution is -2.46. The van der Waals surface area contributed by atoms with E-state index in [4.69, 9.17) is 4.74 Å². The third-order valence-corrected chi connectivity index (χ3v) is 3.42. The molecule has 0 atom stereocenters. The predicted molar refractivity (Wildman–Crippen MR) is 76.6 cm³/mol. The predicted octanol–water partition coefficient (Wildman–Crippen LogP) is 2.62. The van der Waals surface area contributed by atoms with Crippen LogP contribution in [0.3, 0.4) is 0 Å². The number of ether oxygens (including phenoxy) is 1. The highest BCUT2D eigenvalue weighted by Gasteiger charge is 2.18. The first-order valence-corrected chi connectivity index (χ1v) is 7.04. The molecule has 100 valence electrons. The molecule has 0 radical (unpaired) electrons. The Hall–Kier alpha value is -1.22. The molecule has 0 unspecified atom stereocenters. The summed E-state index contributed by atoms with van der Waals surface area (Å²) in [5.41, 5.74) is 1.25. The van der Waals surface area contributed by atoms with Gasteiger partial charge in [-0.05, 0) is 32.0 Å². The second-order valence-electron chi connectivity index (χ2n) is 4.73. The number of piperazine rings is 1. The Morgan fingerprint density at radius 1 is 1.06 bits per heavy atom. The molecule has 0 saturated carbocycles. The third-order valence-electron chi connectivity index (χ3n) is 3.42. The Bertz CT molecular complexity index is 359. The molecule has 0 spiro atoms. The highest BCUT2D eigenvalue weighted by molar-refractivity contribution is 5.58. The Labute approximate surface area is 110 Å². The van der Waals surface area contributed by atoms with E-state index in [-0.39, 0.29) is 0 Å². The van der Waals surface area contributed by atoms with Gasteiger partial charge in [0.05, 0.1) is 12.3 Å². The quantitative estimate of drug-likeness (QED) is 0.796. The Balaban J connectivity index is 2.00. The van der Waals surface area contributed by atoms with Gasteiger partial charge in [0.2, 0.25) is 0 Å². The maximum atomic E-state index is 5.71. The van der Waals surface area contributed by atoms with E-state index in [0.717, 1.165) is 38.5 Å². The van der Waals surface area contributed by atoms with Crippen LogP contribution in [0.2, 0.25) is 0 Å². The van der Waals surface area contributed by atoms with Crippen molar-refractivity contribution in [3.63, 3.8) is 0 Å². The fourth-order valence-electron chi connectivity index (χ4n) is 2.52. The van der Waals surface area contributed by atoms with Crippen molar-refractivity contribution < 1.29 is 4.74 Å². The van der Waals surface area contributed by atoms with E-state index in [1.54, 1.807) is 0 Å². The summed E-state index contributed by atoms with van der Waals surface area (Å²) >= 11 is 0. The van der Waals surface area contributed by atoms with Gasteiger partial charge in [-0.1, -0.05) is 19.1 Å². The van der Waals surface area contributed by atoms with Crippen LogP contribution in [0.25, 0.3) is 0 Å². The molecule has 1 aromatic rings. The summed E-state index contributed by atoms with van der Waals surface area (Å²) in [5, 5.41) is 0. The topological polar surface area (TPSA) is 15.7 Å². The molecule has 1 aliphatic rings. The molecule has 18 heavy (non-hydrogen) atoms. The second-order valence-corrected chi connectivity index (χ2v) is 4.73. The molecular formula is C15H24N2O. The fourth-order valence-corrected chi connectivity index (χ4v) is 2.52. The Kier molecular flexibility index (Phi) is 4.88. The van der Waals surface area contributed by atoms with E-state index in [1.807, 2.05) is 13.0 Å². The molecule has 0 aliphatic carbocycles. The van der Waals surface area contributed by atoms with Crippen LogP contribution in [0.15, 0.2) is 24.3 Å². The maximum absolute atomic E-state index is 5.71. The number of para-hydroxylation sites is 2. The first-order chi connectivity index (χ1) is 8.85. The number of rotatable bonds is 5. The lowest BCUT2D eigenvalue weighted by molar-refractivity contribution is 0.257. The molecule has 2 rings (SSSR count). The zero-order valence-corrected chi connectivity index (χ0v) is 11.6. The summed E-state index contributed by atoms with van der Waals surface area (Å²) in [6.45, 7) is 10.8. The van der Waals surface area contributed by atoms with Gasteiger partial charge in [0.1, 0.15) is 5.75 Å². The Morgan fingerprint density at radius 3 is 2.44 bits per heavy atom. The number of nitrogens with zero attached hydrogens (tertiary/aromatic N) is 2. The van der Waals surface area contributed by atoms with Gasteiger partial charge >= 0.3 is 0 Å². The first-order valence-electron chi connectivity index (χ1n) is 7.04. The summed E-state index contributed by atoms with van der Waals surface area (Å²) in [4.78, 5) is 4.98. The molecule has 1 heterocycles. The molecule has 0 N–H and O–H groups in total. The first kappa shape index (κ1) is 13.2. The van der Waals surface area contributed by atoms with Crippen LogP contribution < -0.4 is 9.64 Å². The van der Waals surface area contributed by atoms with Crippen LogP contribution in [0, 0.1) is 0 Å². The van der Waals surface area contributed by atoms with Crippen LogP contribution >= 0.6 is 0 Å². The molecule has 0 amide bonds. The van der Waals surface area contributed by atoms with Crippen LogP contribution in [-0.4, -0.2) is 44.2 Å². The lowest BCUT2D eigenvalue weighted by atomic mass is 10.2. The second kappa shape index (κ2) is 6.64. The highest BCUT2D eigenvalue weighted by atomic mass is 16.5. The SMILES string of the molecule is CCCN1CCN(c2ccccc2OCC)CC1. The normalized spacial score (nSPS) is 16.9. The monoisotopic (exact) mass is 248 g/mol. The summed E-state index contributed by atoms with van der Waals surface area (Å²) in [5.74, 6) is 1.02. The van der Waals surface area contributed by atoms with Gasteiger partial charge < -0.3 is 9.64 Å². The summed E-state index contributed by atoms with van der Waals surface area (Å²) < 4.78 is 5.71. The largest absolute Gasteiger partial charge is 0.492 e. The minimum atomic E-state index is 0.729. The fraction of sp³-hybridized carbons (Fsp3) is 0.600. The number of benzene rings is 1.